The standard InChI is InChI=1S/C29H55NO4/c1-6-7-8-9-10-11-12-13-14-15-16-17-18-19-20-21-23-26(2)30(4,5)29(3,28(33)34)25-22-24-27(31)32/h13-14,26H,6-12,15-25H2,1-5H3,(H-,31,32,33,34)/p+1. The van der Waals surface area contributed by atoms with Gasteiger partial charge in [0.05, 0.1) is 20.1 Å². The number of rotatable bonds is 23. The molecule has 0 heterocycles. The summed E-state index contributed by atoms with van der Waals surface area (Å²) in [6.07, 6.45) is 24.6. The highest BCUT2D eigenvalue weighted by Gasteiger charge is 2.50. The molecule has 0 saturated heterocycles. The molecule has 0 fully saturated rings. The van der Waals surface area contributed by atoms with Gasteiger partial charge < -0.3 is 14.7 Å². The van der Waals surface area contributed by atoms with Crippen LogP contribution in [0.5, 0.6) is 0 Å². The molecule has 2 atom stereocenters. The van der Waals surface area contributed by atoms with Crippen molar-refractivity contribution in [1.29, 1.82) is 0 Å². The average molecular weight is 483 g/mol. The van der Waals surface area contributed by atoms with Gasteiger partial charge in [0.2, 0.25) is 0 Å². The Bertz CT molecular complexity index is 572. The summed E-state index contributed by atoms with van der Waals surface area (Å²) in [7, 11) is 3.97. The maximum Gasteiger partial charge on any atom is 0.365 e. The van der Waals surface area contributed by atoms with E-state index >= 15 is 0 Å². The quantitative estimate of drug-likeness (QED) is 0.0879. The minimum atomic E-state index is -0.975. The van der Waals surface area contributed by atoms with Crippen LogP contribution in [-0.2, 0) is 9.59 Å². The van der Waals surface area contributed by atoms with Gasteiger partial charge >= 0.3 is 11.9 Å². The lowest BCUT2D eigenvalue weighted by Crippen LogP contribution is -2.66. The third-order valence-corrected chi connectivity index (χ3v) is 8.02. The highest BCUT2D eigenvalue weighted by molar-refractivity contribution is 5.77. The molecular weight excluding hydrogens is 426 g/mol. The van der Waals surface area contributed by atoms with E-state index in [0.717, 1.165) is 12.8 Å². The third-order valence-electron chi connectivity index (χ3n) is 8.02. The van der Waals surface area contributed by atoms with Crippen LogP contribution in [0.15, 0.2) is 12.2 Å². The summed E-state index contributed by atoms with van der Waals surface area (Å²) in [6.45, 7) is 6.17. The van der Waals surface area contributed by atoms with Crippen LogP contribution in [0.2, 0.25) is 0 Å². The van der Waals surface area contributed by atoms with Crippen LogP contribution < -0.4 is 0 Å². The lowest BCUT2D eigenvalue weighted by molar-refractivity contribution is -0.952. The third kappa shape index (κ3) is 13.5. The number of likely N-dealkylation sites (N-methyl/N-ethyl adjacent to an activating group) is 1. The summed E-state index contributed by atoms with van der Waals surface area (Å²) in [6, 6.07) is 0.211. The van der Waals surface area contributed by atoms with E-state index in [2.05, 4.69) is 26.0 Å². The van der Waals surface area contributed by atoms with E-state index in [9.17, 15) is 14.7 Å². The summed E-state index contributed by atoms with van der Waals surface area (Å²) in [5, 5.41) is 18.8. The van der Waals surface area contributed by atoms with Gasteiger partial charge in [0.1, 0.15) is 0 Å². The van der Waals surface area contributed by atoms with Crippen molar-refractivity contribution in [3.05, 3.63) is 12.2 Å². The zero-order valence-corrected chi connectivity index (χ0v) is 23.1. The maximum atomic E-state index is 12.1. The Morgan fingerprint density at radius 3 is 1.74 bits per heavy atom. The number of allylic oxidation sites excluding steroid dienone is 2. The fraction of sp³-hybridized carbons (Fsp3) is 0.862. The SMILES string of the molecule is CCCCCCCCC=CCCCCCCCCC(C)[N+](C)(C)C(C)(CCCC(=O)O)C(=O)O. The molecule has 2 unspecified atom stereocenters. The van der Waals surface area contributed by atoms with Crippen molar-refractivity contribution in [3.8, 4) is 0 Å². The van der Waals surface area contributed by atoms with Crippen LogP contribution in [0.4, 0.5) is 0 Å². The number of carboxylic acids is 2. The molecule has 0 bridgehead atoms. The second kappa shape index (κ2) is 18.9. The molecule has 0 saturated carbocycles. The molecule has 2 N–H and O–H groups in total. The number of carboxylic acid groups (broad SMARTS) is 2. The first-order chi connectivity index (χ1) is 16.1. The second-order valence-electron chi connectivity index (χ2n) is 10.9. The van der Waals surface area contributed by atoms with Gasteiger partial charge in [-0.3, -0.25) is 4.79 Å². The molecule has 0 aromatic heterocycles. The molecule has 0 aromatic rings. The van der Waals surface area contributed by atoms with E-state index in [1.54, 1.807) is 6.92 Å². The molecule has 34 heavy (non-hydrogen) atoms. The Balaban J connectivity index is 3.99. The van der Waals surface area contributed by atoms with Crippen LogP contribution >= 0.6 is 0 Å². The van der Waals surface area contributed by atoms with Crippen LogP contribution in [0.25, 0.3) is 0 Å². The number of aliphatic carboxylic acids is 2. The van der Waals surface area contributed by atoms with Crippen molar-refractivity contribution in [2.75, 3.05) is 14.1 Å². The highest BCUT2D eigenvalue weighted by atomic mass is 16.4. The summed E-state index contributed by atoms with van der Waals surface area (Å²) in [5.74, 6) is -1.70. The first-order valence-corrected chi connectivity index (χ1v) is 14.0. The average Bonchev–Trinajstić information content (AvgIpc) is 2.77. The molecule has 0 aromatic carbocycles. The normalized spacial score (nSPS) is 14.9. The van der Waals surface area contributed by atoms with Gasteiger partial charge in [-0.2, -0.15) is 0 Å². The summed E-state index contributed by atoms with van der Waals surface area (Å²) >= 11 is 0. The molecule has 200 valence electrons. The largest absolute Gasteiger partial charge is 0.481 e. The molecule has 5 nitrogen and oxygen atoms in total. The lowest BCUT2D eigenvalue weighted by atomic mass is 9.88. The van der Waals surface area contributed by atoms with E-state index in [1.165, 1.54) is 83.5 Å². The van der Waals surface area contributed by atoms with E-state index in [1.807, 2.05) is 14.1 Å². The van der Waals surface area contributed by atoms with Crippen LogP contribution in [0, 0.1) is 0 Å². The minimum Gasteiger partial charge on any atom is -0.481 e. The Labute approximate surface area is 210 Å². The molecule has 0 radical (unpaired) electrons. The topological polar surface area (TPSA) is 74.6 Å². The molecule has 0 aliphatic rings. The van der Waals surface area contributed by atoms with E-state index in [0.29, 0.717) is 17.3 Å². The monoisotopic (exact) mass is 482 g/mol. The predicted octanol–water partition coefficient (Wildman–Crippen LogP) is 7.98. The van der Waals surface area contributed by atoms with Crippen molar-refractivity contribution < 1.29 is 24.3 Å². The zero-order valence-electron chi connectivity index (χ0n) is 23.1. The summed E-state index contributed by atoms with van der Waals surface area (Å²) in [5.41, 5.74) is -0.975. The Morgan fingerprint density at radius 2 is 1.26 bits per heavy atom. The predicted molar refractivity (Wildman–Crippen MR) is 143 cm³/mol. The molecule has 0 aliphatic heterocycles. The molecule has 0 aliphatic carbocycles. The van der Waals surface area contributed by atoms with E-state index in [4.69, 9.17) is 5.11 Å². The van der Waals surface area contributed by atoms with Gasteiger partial charge in [0.25, 0.3) is 0 Å². The molecule has 0 amide bonds. The number of carbonyl (C=O) groups is 2. The summed E-state index contributed by atoms with van der Waals surface area (Å²) < 4.78 is 0.382. The van der Waals surface area contributed by atoms with Gasteiger partial charge in [-0.1, -0.05) is 76.9 Å². The maximum absolute atomic E-state index is 12.1. The fourth-order valence-electron chi connectivity index (χ4n) is 4.72. The van der Waals surface area contributed by atoms with Crippen LogP contribution in [-0.4, -0.2) is 52.3 Å². The zero-order chi connectivity index (χ0) is 25.9. The number of hydrogen-bond acceptors (Lipinski definition) is 2. The number of quaternary nitrogens is 1. The Morgan fingerprint density at radius 1 is 0.794 bits per heavy atom. The fourth-order valence-corrected chi connectivity index (χ4v) is 4.72. The highest BCUT2D eigenvalue weighted by Crippen LogP contribution is 2.32. The minimum absolute atomic E-state index is 0.0200. The summed E-state index contributed by atoms with van der Waals surface area (Å²) in [4.78, 5) is 23.0. The number of nitrogens with zero attached hydrogens (tertiary/aromatic N) is 1. The van der Waals surface area contributed by atoms with E-state index < -0.39 is 17.5 Å². The van der Waals surface area contributed by atoms with Crippen LogP contribution in [0.3, 0.4) is 0 Å². The first kappa shape index (κ1) is 32.6. The Hall–Kier alpha value is -1.36. The van der Waals surface area contributed by atoms with Gasteiger partial charge in [-0.25, -0.2) is 4.79 Å². The van der Waals surface area contributed by atoms with Gasteiger partial charge in [-0.05, 0) is 51.9 Å². The number of hydrogen-bond donors (Lipinski definition) is 2. The molecule has 5 heteroatoms. The van der Waals surface area contributed by atoms with E-state index in [-0.39, 0.29) is 12.5 Å². The second-order valence-corrected chi connectivity index (χ2v) is 10.9. The van der Waals surface area contributed by atoms with Gasteiger partial charge in [0, 0.05) is 19.8 Å². The molecule has 0 rings (SSSR count). The molecular formula is C29H56NO4+. The van der Waals surface area contributed by atoms with Crippen molar-refractivity contribution >= 4 is 11.9 Å². The van der Waals surface area contributed by atoms with Crippen molar-refractivity contribution in [2.45, 2.75) is 148 Å². The van der Waals surface area contributed by atoms with Gasteiger partial charge in [-0.15, -0.1) is 0 Å². The van der Waals surface area contributed by atoms with Crippen LogP contribution in [0.1, 0.15) is 136 Å². The van der Waals surface area contributed by atoms with Gasteiger partial charge in [0.15, 0.2) is 5.54 Å². The Kier molecular flexibility index (Phi) is 18.1. The van der Waals surface area contributed by atoms with Crippen molar-refractivity contribution in [1.82, 2.24) is 0 Å². The van der Waals surface area contributed by atoms with Crippen molar-refractivity contribution in [3.63, 3.8) is 0 Å². The van der Waals surface area contributed by atoms with Crippen molar-refractivity contribution in [2.24, 2.45) is 0 Å². The number of unbranched alkanes of at least 4 members (excludes halogenated alkanes) is 12. The molecule has 0 spiro atoms. The smallest absolute Gasteiger partial charge is 0.365 e. The lowest BCUT2D eigenvalue weighted by Gasteiger charge is -2.48. The first-order valence-electron chi connectivity index (χ1n) is 14.0.